The predicted octanol–water partition coefficient (Wildman–Crippen LogP) is 1.40. The molecule has 0 aliphatic rings. The van der Waals surface area contributed by atoms with E-state index in [0.29, 0.717) is 10.8 Å². The fourth-order valence-corrected chi connectivity index (χ4v) is 1.72. The van der Waals surface area contributed by atoms with Crippen LogP contribution in [0.5, 0.6) is 5.75 Å². The minimum Gasteiger partial charge on any atom is -0.495 e. The zero-order chi connectivity index (χ0) is 13.7. The minimum atomic E-state index is -1.08. The van der Waals surface area contributed by atoms with E-state index < -0.39 is 5.97 Å². The van der Waals surface area contributed by atoms with E-state index in [4.69, 9.17) is 21.4 Å². The van der Waals surface area contributed by atoms with Gasteiger partial charge in [-0.05, 0) is 30.2 Å². The number of benzene rings is 1. The molecule has 0 fully saturated rings. The van der Waals surface area contributed by atoms with Gasteiger partial charge in [0.05, 0.1) is 18.6 Å². The van der Waals surface area contributed by atoms with Crippen molar-refractivity contribution in [2.45, 2.75) is 13.3 Å². The standard InChI is InChI=1S/C12H14ClNO4/c1-7-3-10(18-2)9(13)4-8(7)5-11(15)14-6-12(16)17/h3-4H,5-6H2,1-2H3,(H,14,15)(H,16,17). The van der Waals surface area contributed by atoms with E-state index in [2.05, 4.69) is 5.32 Å². The number of halogens is 1. The van der Waals surface area contributed by atoms with Gasteiger partial charge >= 0.3 is 5.97 Å². The third kappa shape index (κ3) is 3.92. The molecule has 0 saturated heterocycles. The molecule has 0 atom stereocenters. The van der Waals surface area contributed by atoms with Crippen LogP contribution in [0.4, 0.5) is 0 Å². The van der Waals surface area contributed by atoms with Crippen LogP contribution in [0.2, 0.25) is 5.02 Å². The van der Waals surface area contributed by atoms with E-state index >= 15 is 0 Å². The summed E-state index contributed by atoms with van der Waals surface area (Å²) in [6.07, 6.45) is 0.0861. The van der Waals surface area contributed by atoms with Gasteiger partial charge in [0.1, 0.15) is 12.3 Å². The third-order valence-electron chi connectivity index (χ3n) is 2.40. The van der Waals surface area contributed by atoms with Crippen LogP contribution in [0.25, 0.3) is 0 Å². The smallest absolute Gasteiger partial charge is 0.322 e. The van der Waals surface area contributed by atoms with Gasteiger partial charge in [0.15, 0.2) is 0 Å². The largest absolute Gasteiger partial charge is 0.495 e. The first-order chi connectivity index (χ1) is 8.43. The zero-order valence-electron chi connectivity index (χ0n) is 10.1. The molecule has 1 aromatic rings. The number of amides is 1. The maximum Gasteiger partial charge on any atom is 0.322 e. The van der Waals surface area contributed by atoms with Gasteiger partial charge in [0.2, 0.25) is 5.91 Å². The molecule has 0 bridgehead atoms. The molecule has 5 nitrogen and oxygen atoms in total. The topological polar surface area (TPSA) is 75.6 Å². The maximum absolute atomic E-state index is 11.5. The number of carbonyl (C=O) groups excluding carboxylic acids is 1. The van der Waals surface area contributed by atoms with Crippen molar-refractivity contribution < 1.29 is 19.4 Å². The number of rotatable bonds is 5. The van der Waals surface area contributed by atoms with Crippen LogP contribution in [-0.4, -0.2) is 30.6 Å². The highest BCUT2D eigenvalue weighted by Gasteiger charge is 2.10. The molecule has 0 aromatic heterocycles. The van der Waals surface area contributed by atoms with Crippen molar-refractivity contribution >= 4 is 23.5 Å². The summed E-state index contributed by atoms with van der Waals surface area (Å²) in [6, 6.07) is 3.39. The lowest BCUT2D eigenvalue weighted by Crippen LogP contribution is -2.30. The molecular formula is C12H14ClNO4. The number of aryl methyl sites for hydroxylation is 1. The Morgan fingerprint density at radius 3 is 2.67 bits per heavy atom. The molecule has 0 unspecified atom stereocenters. The van der Waals surface area contributed by atoms with Gasteiger partial charge in [-0.25, -0.2) is 0 Å². The number of nitrogens with one attached hydrogen (secondary N) is 1. The van der Waals surface area contributed by atoms with E-state index in [1.807, 2.05) is 6.92 Å². The molecule has 2 N–H and O–H groups in total. The van der Waals surface area contributed by atoms with Gasteiger partial charge < -0.3 is 15.2 Å². The molecule has 0 aliphatic heterocycles. The highest BCUT2D eigenvalue weighted by atomic mass is 35.5. The lowest BCUT2D eigenvalue weighted by Gasteiger charge is -2.10. The Morgan fingerprint density at radius 2 is 2.11 bits per heavy atom. The first-order valence-corrected chi connectivity index (χ1v) is 5.63. The fourth-order valence-electron chi connectivity index (χ4n) is 1.45. The number of hydrogen-bond acceptors (Lipinski definition) is 3. The lowest BCUT2D eigenvalue weighted by atomic mass is 10.0. The zero-order valence-corrected chi connectivity index (χ0v) is 10.9. The SMILES string of the molecule is COc1cc(C)c(CC(=O)NCC(=O)O)cc1Cl. The van der Waals surface area contributed by atoms with Gasteiger partial charge in [0, 0.05) is 0 Å². The van der Waals surface area contributed by atoms with Crippen molar-refractivity contribution in [3.05, 3.63) is 28.3 Å². The molecule has 0 saturated carbocycles. The summed E-state index contributed by atoms with van der Waals surface area (Å²) in [7, 11) is 1.51. The van der Waals surface area contributed by atoms with Crippen molar-refractivity contribution in [3.8, 4) is 5.75 Å². The van der Waals surface area contributed by atoms with Crippen molar-refractivity contribution in [1.82, 2.24) is 5.32 Å². The number of hydrogen-bond donors (Lipinski definition) is 2. The first kappa shape index (κ1) is 14.3. The molecule has 1 aromatic carbocycles. The Morgan fingerprint density at radius 1 is 1.44 bits per heavy atom. The molecular weight excluding hydrogens is 258 g/mol. The Bertz CT molecular complexity index is 473. The number of methoxy groups -OCH3 is 1. The molecule has 18 heavy (non-hydrogen) atoms. The molecule has 1 amide bonds. The summed E-state index contributed by atoms with van der Waals surface area (Å²) < 4.78 is 5.05. The second-order valence-electron chi connectivity index (χ2n) is 3.76. The van der Waals surface area contributed by atoms with Gasteiger partial charge in [-0.15, -0.1) is 0 Å². The molecule has 0 spiro atoms. The molecule has 1 rings (SSSR count). The Balaban J connectivity index is 2.76. The van der Waals surface area contributed by atoms with Crippen LogP contribution in [0.15, 0.2) is 12.1 Å². The van der Waals surface area contributed by atoms with Crippen molar-refractivity contribution in [3.63, 3.8) is 0 Å². The second kappa shape index (κ2) is 6.26. The number of aliphatic carboxylic acids is 1. The van der Waals surface area contributed by atoms with Gasteiger partial charge in [-0.2, -0.15) is 0 Å². The van der Waals surface area contributed by atoms with E-state index in [1.54, 1.807) is 12.1 Å². The quantitative estimate of drug-likeness (QED) is 0.849. The Hall–Kier alpha value is -1.75. The van der Waals surface area contributed by atoms with E-state index in [1.165, 1.54) is 7.11 Å². The summed E-state index contributed by atoms with van der Waals surface area (Å²) in [5.41, 5.74) is 1.60. The third-order valence-corrected chi connectivity index (χ3v) is 2.69. The maximum atomic E-state index is 11.5. The highest BCUT2D eigenvalue weighted by molar-refractivity contribution is 6.32. The van der Waals surface area contributed by atoms with Crippen molar-refractivity contribution in [2.75, 3.05) is 13.7 Å². The molecule has 0 radical (unpaired) electrons. The van der Waals surface area contributed by atoms with E-state index in [-0.39, 0.29) is 18.9 Å². The first-order valence-electron chi connectivity index (χ1n) is 5.25. The van der Waals surface area contributed by atoms with Crippen LogP contribution in [0.3, 0.4) is 0 Å². The summed E-state index contributed by atoms with van der Waals surface area (Å²) in [4.78, 5) is 21.8. The average molecular weight is 272 g/mol. The number of ether oxygens (including phenoxy) is 1. The van der Waals surface area contributed by atoms with Crippen LogP contribution < -0.4 is 10.1 Å². The normalized spacial score (nSPS) is 9.94. The summed E-state index contributed by atoms with van der Waals surface area (Å²) >= 11 is 5.96. The molecule has 0 heterocycles. The number of carboxylic acids is 1. The summed E-state index contributed by atoms with van der Waals surface area (Å²) in [6.45, 7) is 1.44. The van der Waals surface area contributed by atoms with E-state index in [0.717, 1.165) is 11.1 Å². The van der Waals surface area contributed by atoms with Crippen molar-refractivity contribution in [2.24, 2.45) is 0 Å². The van der Waals surface area contributed by atoms with Gasteiger partial charge in [-0.1, -0.05) is 11.6 Å². The molecule has 98 valence electrons. The Kier molecular flexibility index (Phi) is 4.97. The second-order valence-corrected chi connectivity index (χ2v) is 4.17. The summed E-state index contributed by atoms with van der Waals surface area (Å²) in [5, 5.41) is 11.2. The number of carboxylic acid groups (broad SMARTS) is 1. The Labute approximate surface area is 110 Å². The predicted molar refractivity (Wildman–Crippen MR) is 67.1 cm³/mol. The van der Waals surface area contributed by atoms with Gasteiger partial charge in [0.25, 0.3) is 0 Å². The monoisotopic (exact) mass is 271 g/mol. The van der Waals surface area contributed by atoms with Crippen LogP contribution in [0, 0.1) is 6.92 Å². The molecule has 0 aliphatic carbocycles. The lowest BCUT2D eigenvalue weighted by molar-refractivity contribution is -0.137. The van der Waals surface area contributed by atoms with Crippen LogP contribution in [-0.2, 0) is 16.0 Å². The van der Waals surface area contributed by atoms with E-state index in [9.17, 15) is 9.59 Å². The van der Waals surface area contributed by atoms with Crippen LogP contribution in [0.1, 0.15) is 11.1 Å². The number of carbonyl (C=O) groups is 2. The van der Waals surface area contributed by atoms with Crippen LogP contribution >= 0.6 is 11.6 Å². The minimum absolute atomic E-state index is 0.0861. The highest BCUT2D eigenvalue weighted by Crippen LogP contribution is 2.27. The molecule has 6 heteroatoms. The van der Waals surface area contributed by atoms with Crippen molar-refractivity contribution in [1.29, 1.82) is 0 Å². The van der Waals surface area contributed by atoms with Gasteiger partial charge in [-0.3, -0.25) is 9.59 Å². The average Bonchev–Trinajstić information content (AvgIpc) is 2.30. The fraction of sp³-hybridized carbons (Fsp3) is 0.333. The summed E-state index contributed by atoms with van der Waals surface area (Å²) in [5.74, 6) is -0.890.